The van der Waals surface area contributed by atoms with Crippen LogP contribution in [-0.4, -0.2) is 26.7 Å². The van der Waals surface area contributed by atoms with E-state index in [-0.39, 0.29) is 11.1 Å². The first-order valence-corrected chi connectivity index (χ1v) is 8.78. The molecule has 2 aromatic heterocycles. The second-order valence-corrected chi connectivity index (χ2v) is 6.70. The van der Waals surface area contributed by atoms with Crippen molar-refractivity contribution in [2.75, 3.05) is 11.4 Å². The maximum atomic E-state index is 12.8. The smallest absolute Gasteiger partial charge is 0.345 e. The number of hydrogen-bond acceptors (Lipinski definition) is 4. The zero-order valence-corrected chi connectivity index (χ0v) is 14.8. The minimum atomic E-state index is -4.48. The molecule has 1 aliphatic rings. The summed E-state index contributed by atoms with van der Waals surface area (Å²) in [7, 11) is 0. The van der Waals surface area contributed by atoms with Gasteiger partial charge in [0.25, 0.3) is 0 Å². The minimum absolute atomic E-state index is 0.0282. The first-order chi connectivity index (χ1) is 12.9. The van der Waals surface area contributed by atoms with E-state index in [1.165, 1.54) is 0 Å². The first kappa shape index (κ1) is 17.8. The van der Waals surface area contributed by atoms with Crippen molar-refractivity contribution < 1.29 is 13.2 Å². The zero-order valence-electron chi connectivity index (χ0n) is 14.0. The van der Waals surface area contributed by atoms with Gasteiger partial charge in [-0.05, 0) is 18.9 Å². The molecule has 1 N–H and O–H groups in total. The fraction of sp³-hybridized carbons (Fsp3) is 0.278. The summed E-state index contributed by atoms with van der Waals surface area (Å²) in [6.45, 7) is 0.629. The summed E-state index contributed by atoms with van der Waals surface area (Å²) < 4.78 is 38.5. The van der Waals surface area contributed by atoms with Crippen LogP contribution in [0.3, 0.4) is 0 Å². The minimum Gasteiger partial charge on any atom is -0.345 e. The van der Waals surface area contributed by atoms with E-state index in [1.54, 1.807) is 0 Å². The van der Waals surface area contributed by atoms with Crippen molar-refractivity contribution >= 4 is 17.4 Å². The zero-order chi connectivity index (χ0) is 19.0. The Kier molecular flexibility index (Phi) is 4.51. The molecule has 5 nitrogen and oxygen atoms in total. The monoisotopic (exact) mass is 393 g/mol. The van der Waals surface area contributed by atoms with E-state index in [0.29, 0.717) is 24.0 Å². The Balaban J connectivity index is 1.63. The molecule has 3 heterocycles. The van der Waals surface area contributed by atoms with Crippen molar-refractivity contribution in [1.82, 2.24) is 20.2 Å². The highest BCUT2D eigenvalue weighted by Crippen LogP contribution is 2.39. The molecular formula is C18H15ClF3N5. The molecule has 0 aliphatic carbocycles. The number of nitrogens with one attached hydrogen (secondary N) is 1. The predicted octanol–water partition coefficient (Wildman–Crippen LogP) is 4.88. The standard InChI is InChI=1S/C18H15ClF3N5/c19-13-9-12(18(20,21)22)10-23-17(13)27-8-4-7-14(27)16-24-15(25-26-16)11-5-2-1-3-6-11/h1-3,5-6,9-10,14H,4,7-8H2,(H,24,25,26). The summed E-state index contributed by atoms with van der Waals surface area (Å²) >= 11 is 6.12. The second-order valence-electron chi connectivity index (χ2n) is 6.29. The number of anilines is 1. The lowest BCUT2D eigenvalue weighted by atomic mass is 10.2. The molecule has 1 aromatic carbocycles. The highest BCUT2D eigenvalue weighted by atomic mass is 35.5. The lowest BCUT2D eigenvalue weighted by Crippen LogP contribution is -2.25. The largest absolute Gasteiger partial charge is 0.417 e. The predicted molar refractivity (Wildman–Crippen MR) is 95.4 cm³/mol. The second kappa shape index (κ2) is 6.84. The van der Waals surface area contributed by atoms with E-state index in [2.05, 4.69) is 20.2 Å². The molecule has 1 aliphatic heterocycles. The molecule has 0 radical (unpaired) electrons. The van der Waals surface area contributed by atoms with E-state index in [9.17, 15) is 13.2 Å². The summed E-state index contributed by atoms with van der Waals surface area (Å²) in [5, 5.41) is 7.18. The number of alkyl halides is 3. The third-order valence-electron chi connectivity index (χ3n) is 4.52. The van der Waals surface area contributed by atoms with Gasteiger partial charge in [0.1, 0.15) is 11.6 Å². The van der Waals surface area contributed by atoms with Crippen LogP contribution in [0.5, 0.6) is 0 Å². The topological polar surface area (TPSA) is 57.7 Å². The third-order valence-corrected chi connectivity index (χ3v) is 4.80. The number of hydrogen-bond donors (Lipinski definition) is 1. The molecule has 0 amide bonds. The van der Waals surface area contributed by atoms with E-state index in [1.807, 2.05) is 35.2 Å². The van der Waals surface area contributed by atoms with Gasteiger partial charge >= 0.3 is 6.18 Å². The first-order valence-electron chi connectivity index (χ1n) is 8.40. The van der Waals surface area contributed by atoms with Gasteiger partial charge in [-0.15, -0.1) is 0 Å². The number of H-pyrrole nitrogens is 1. The van der Waals surface area contributed by atoms with Crippen LogP contribution in [0.1, 0.15) is 30.3 Å². The Bertz CT molecular complexity index is 942. The number of aromatic amines is 1. The third kappa shape index (κ3) is 3.49. The average molecular weight is 394 g/mol. The molecular weight excluding hydrogens is 379 g/mol. The van der Waals surface area contributed by atoms with Gasteiger partial charge in [0.05, 0.1) is 16.6 Å². The van der Waals surface area contributed by atoms with Crippen LogP contribution in [0.15, 0.2) is 42.6 Å². The molecule has 140 valence electrons. The van der Waals surface area contributed by atoms with Crippen LogP contribution in [-0.2, 0) is 6.18 Å². The molecule has 1 fully saturated rings. The van der Waals surface area contributed by atoms with E-state index < -0.39 is 11.7 Å². The maximum absolute atomic E-state index is 12.8. The van der Waals surface area contributed by atoms with Gasteiger partial charge in [-0.25, -0.2) is 9.97 Å². The molecule has 27 heavy (non-hydrogen) atoms. The van der Waals surface area contributed by atoms with Crippen molar-refractivity contribution in [2.24, 2.45) is 0 Å². The van der Waals surface area contributed by atoms with Crippen LogP contribution in [0.2, 0.25) is 5.02 Å². The summed E-state index contributed by atoms with van der Waals surface area (Å²) in [6, 6.07) is 10.3. The Hall–Kier alpha value is -2.61. The number of aromatic nitrogens is 4. The van der Waals surface area contributed by atoms with Gasteiger partial charge in [0, 0.05) is 18.3 Å². The van der Waals surface area contributed by atoms with E-state index >= 15 is 0 Å². The number of pyridine rings is 1. The maximum Gasteiger partial charge on any atom is 0.417 e. The van der Waals surface area contributed by atoms with Crippen molar-refractivity contribution in [3.63, 3.8) is 0 Å². The summed E-state index contributed by atoms with van der Waals surface area (Å²) in [5.41, 5.74) is 0.0215. The normalized spacial score (nSPS) is 17.5. The Morgan fingerprint density at radius 1 is 1.19 bits per heavy atom. The Labute approximate surface area is 158 Å². The van der Waals surface area contributed by atoms with Crippen molar-refractivity contribution in [3.8, 4) is 11.4 Å². The molecule has 0 saturated carbocycles. The molecule has 4 rings (SSSR count). The van der Waals surface area contributed by atoms with Gasteiger partial charge in [-0.3, -0.25) is 5.10 Å². The number of benzene rings is 1. The van der Waals surface area contributed by atoms with Crippen LogP contribution in [0.4, 0.5) is 19.0 Å². The molecule has 1 atom stereocenters. The summed E-state index contributed by atoms with van der Waals surface area (Å²) in [4.78, 5) is 10.4. The highest BCUT2D eigenvalue weighted by Gasteiger charge is 2.35. The number of halogens is 4. The van der Waals surface area contributed by atoms with Crippen LogP contribution in [0, 0.1) is 0 Å². The van der Waals surface area contributed by atoms with Crippen molar-refractivity contribution in [2.45, 2.75) is 25.1 Å². The SMILES string of the molecule is FC(F)(F)c1cnc(N2CCCC2c2nc(-c3ccccc3)n[nH]2)c(Cl)c1. The molecule has 9 heteroatoms. The molecule has 0 bridgehead atoms. The quantitative estimate of drug-likeness (QED) is 0.689. The van der Waals surface area contributed by atoms with Gasteiger partial charge < -0.3 is 4.90 Å². The molecule has 3 aromatic rings. The molecule has 1 unspecified atom stereocenters. The van der Waals surface area contributed by atoms with Crippen molar-refractivity contribution in [1.29, 1.82) is 0 Å². The van der Waals surface area contributed by atoms with Crippen LogP contribution < -0.4 is 4.90 Å². The highest BCUT2D eigenvalue weighted by molar-refractivity contribution is 6.33. The lowest BCUT2D eigenvalue weighted by Gasteiger charge is -2.25. The van der Waals surface area contributed by atoms with Gasteiger partial charge in [-0.2, -0.15) is 18.3 Å². The molecule has 0 spiro atoms. The van der Waals surface area contributed by atoms with Gasteiger partial charge in [0.2, 0.25) is 0 Å². The van der Waals surface area contributed by atoms with E-state index in [4.69, 9.17) is 11.6 Å². The van der Waals surface area contributed by atoms with Crippen LogP contribution in [0.25, 0.3) is 11.4 Å². The van der Waals surface area contributed by atoms with Crippen molar-refractivity contribution in [3.05, 3.63) is 59.0 Å². The number of nitrogens with zero attached hydrogens (tertiary/aromatic N) is 4. The number of rotatable bonds is 3. The van der Waals surface area contributed by atoms with Gasteiger partial charge in [0.15, 0.2) is 5.82 Å². The Morgan fingerprint density at radius 3 is 2.67 bits per heavy atom. The molecule has 1 saturated heterocycles. The Morgan fingerprint density at radius 2 is 1.96 bits per heavy atom. The fourth-order valence-corrected chi connectivity index (χ4v) is 3.52. The lowest BCUT2D eigenvalue weighted by molar-refractivity contribution is -0.137. The average Bonchev–Trinajstić information content (AvgIpc) is 3.31. The fourth-order valence-electron chi connectivity index (χ4n) is 3.24. The van der Waals surface area contributed by atoms with Crippen LogP contribution >= 0.6 is 11.6 Å². The van der Waals surface area contributed by atoms with E-state index in [0.717, 1.165) is 30.7 Å². The summed E-state index contributed by atoms with van der Waals surface area (Å²) in [6.07, 6.45) is -2.03. The van der Waals surface area contributed by atoms with Gasteiger partial charge in [-0.1, -0.05) is 41.9 Å². The summed E-state index contributed by atoms with van der Waals surface area (Å²) in [5.74, 6) is 1.54.